The summed E-state index contributed by atoms with van der Waals surface area (Å²) in [5, 5.41) is 18.1. The summed E-state index contributed by atoms with van der Waals surface area (Å²) in [4.78, 5) is 39.6. The molecule has 10 nitrogen and oxygen atoms in total. The number of nitrogens with zero attached hydrogens (tertiary/aromatic N) is 5. The maximum atomic E-state index is 12.6. The van der Waals surface area contributed by atoms with Gasteiger partial charge in [0, 0.05) is 18.2 Å². The second-order valence-corrected chi connectivity index (χ2v) is 6.78. The highest BCUT2D eigenvalue weighted by Gasteiger charge is 2.21. The van der Waals surface area contributed by atoms with Crippen molar-refractivity contribution in [2.24, 2.45) is 0 Å². The fourth-order valence-electron chi connectivity index (χ4n) is 3.56. The first-order chi connectivity index (χ1) is 13.5. The van der Waals surface area contributed by atoms with E-state index in [9.17, 15) is 19.7 Å². The SMILES string of the molecule is O=C(Cn1cnc2ccc([N+](=O)[O-])cc2c1=O)Nc1ccnn1C1CCCC1. The molecular formula is C18H18N6O4. The highest BCUT2D eigenvalue weighted by molar-refractivity contribution is 5.90. The van der Waals surface area contributed by atoms with Crippen molar-refractivity contribution < 1.29 is 9.72 Å². The number of aromatic nitrogens is 4. The minimum atomic E-state index is -0.576. The van der Waals surface area contributed by atoms with Gasteiger partial charge in [0.05, 0.1) is 34.4 Å². The van der Waals surface area contributed by atoms with E-state index in [1.54, 1.807) is 12.3 Å². The summed E-state index contributed by atoms with van der Waals surface area (Å²) < 4.78 is 2.95. The zero-order chi connectivity index (χ0) is 19.7. The average molecular weight is 382 g/mol. The third-order valence-electron chi connectivity index (χ3n) is 4.94. The Bertz CT molecular complexity index is 1110. The van der Waals surface area contributed by atoms with Gasteiger partial charge in [-0.1, -0.05) is 12.8 Å². The second-order valence-electron chi connectivity index (χ2n) is 6.78. The van der Waals surface area contributed by atoms with Crippen molar-refractivity contribution in [3.8, 4) is 0 Å². The molecule has 0 saturated heterocycles. The van der Waals surface area contributed by atoms with Crippen molar-refractivity contribution in [2.45, 2.75) is 38.3 Å². The van der Waals surface area contributed by atoms with Crippen LogP contribution in [0.2, 0.25) is 0 Å². The fraction of sp³-hybridized carbons (Fsp3) is 0.333. The molecule has 2 heterocycles. The lowest BCUT2D eigenvalue weighted by atomic mass is 10.2. The van der Waals surface area contributed by atoms with Gasteiger partial charge in [0.1, 0.15) is 12.4 Å². The molecule has 1 N–H and O–H groups in total. The number of carbonyl (C=O) groups excluding carboxylic acids is 1. The van der Waals surface area contributed by atoms with E-state index in [1.165, 1.54) is 24.5 Å². The highest BCUT2D eigenvalue weighted by atomic mass is 16.6. The summed E-state index contributed by atoms with van der Waals surface area (Å²) in [6.07, 6.45) is 7.24. The molecule has 0 radical (unpaired) electrons. The molecule has 2 aromatic heterocycles. The molecule has 10 heteroatoms. The molecule has 1 aliphatic rings. The van der Waals surface area contributed by atoms with E-state index in [0.29, 0.717) is 11.3 Å². The number of fused-ring (bicyclic) bond motifs is 1. The van der Waals surface area contributed by atoms with Crippen LogP contribution in [0.1, 0.15) is 31.7 Å². The van der Waals surface area contributed by atoms with Crippen molar-refractivity contribution in [3.63, 3.8) is 0 Å². The first-order valence-corrected chi connectivity index (χ1v) is 9.00. The molecule has 144 valence electrons. The lowest BCUT2D eigenvalue weighted by Gasteiger charge is -2.15. The average Bonchev–Trinajstić information content (AvgIpc) is 3.35. The molecule has 0 atom stereocenters. The van der Waals surface area contributed by atoms with E-state index in [1.807, 2.05) is 4.68 Å². The van der Waals surface area contributed by atoms with Crippen molar-refractivity contribution in [2.75, 3.05) is 5.32 Å². The number of amides is 1. The van der Waals surface area contributed by atoms with Crippen molar-refractivity contribution in [1.82, 2.24) is 19.3 Å². The Morgan fingerprint density at radius 3 is 2.82 bits per heavy atom. The van der Waals surface area contributed by atoms with E-state index in [0.717, 1.165) is 30.3 Å². The summed E-state index contributed by atoms with van der Waals surface area (Å²) in [7, 11) is 0. The lowest BCUT2D eigenvalue weighted by molar-refractivity contribution is -0.384. The normalized spacial score (nSPS) is 14.4. The van der Waals surface area contributed by atoms with Crippen LogP contribution in [0, 0.1) is 10.1 Å². The maximum Gasteiger partial charge on any atom is 0.270 e. The second kappa shape index (κ2) is 7.22. The Balaban J connectivity index is 1.56. The monoisotopic (exact) mass is 382 g/mol. The zero-order valence-electron chi connectivity index (χ0n) is 14.9. The van der Waals surface area contributed by atoms with Crippen LogP contribution in [-0.2, 0) is 11.3 Å². The van der Waals surface area contributed by atoms with Gasteiger partial charge >= 0.3 is 0 Å². The number of nitrogens with one attached hydrogen (secondary N) is 1. The van der Waals surface area contributed by atoms with E-state index in [-0.39, 0.29) is 23.7 Å². The van der Waals surface area contributed by atoms with Crippen LogP contribution in [0.3, 0.4) is 0 Å². The summed E-state index contributed by atoms with van der Waals surface area (Å²) >= 11 is 0. The van der Waals surface area contributed by atoms with E-state index >= 15 is 0 Å². The molecule has 3 aromatic rings. The van der Waals surface area contributed by atoms with Gasteiger partial charge in [-0.25, -0.2) is 9.67 Å². The summed E-state index contributed by atoms with van der Waals surface area (Å²) in [6.45, 7) is -0.250. The van der Waals surface area contributed by atoms with Gasteiger partial charge in [-0.2, -0.15) is 5.10 Å². The fourth-order valence-corrected chi connectivity index (χ4v) is 3.56. The van der Waals surface area contributed by atoms with Crippen molar-refractivity contribution in [3.05, 3.63) is 57.3 Å². The van der Waals surface area contributed by atoms with Crippen LogP contribution in [0.25, 0.3) is 10.9 Å². The quantitative estimate of drug-likeness (QED) is 0.533. The number of nitro groups is 1. The Hall–Kier alpha value is -3.56. The third kappa shape index (κ3) is 3.36. The first-order valence-electron chi connectivity index (χ1n) is 9.00. The zero-order valence-corrected chi connectivity index (χ0v) is 14.9. The van der Waals surface area contributed by atoms with Gasteiger partial charge in [0.15, 0.2) is 0 Å². The van der Waals surface area contributed by atoms with Crippen molar-refractivity contribution in [1.29, 1.82) is 0 Å². The molecule has 1 fully saturated rings. The van der Waals surface area contributed by atoms with Crippen LogP contribution < -0.4 is 10.9 Å². The predicted molar refractivity (Wildman–Crippen MR) is 101 cm³/mol. The number of benzene rings is 1. The van der Waals surface area contributed by atoms with Gasteiger partial charge < -0.3 is 5.32 Å². The van der Waals surface area contributed by atoms with Crippen LogP contribution in [-0.4, -0.2) is 30.2 Å². The summed E-state index contributed by atoms with van der Waals surface area (Å²) in [6, 6.07) is 5.88. The molecular weight excluding hydrogens is 364 g/mol. The van der Waals surface area contributed by atoms with Crippen LogP contribution in [0.15, 0.2) is 41.6 Å². The largest absolute Gasteiger partial charge is 0.309 e. The minimum absolute atomic E-state index is 0.0977. The molecule has 4 rings (SSSR count). The standard InChI is InChI=1S/C18H18N6O4/c25-17(21-16-7-8-20-23(16)12-3-1-2-4-12)10-22-11-19-15-6-5-13(24(27)28)9-14(15)18(22)26/h5-9,11-12H,1-4,10H2,(H,21,25). The Morgan fingerprint density at radius 1 is 1.29 bits per heavy atom. The number of rotatable bonds is 5. The predicted octanol–water partition coefficient (Wildman–Crippen LogP) is 2.25. The Morgan fingerprint density at radius 2 is 2.07 bits per heavy atom. The Kier molecular flexibility index (Phi) is 4.60. The van der Waals surface area contributed by atoms with Gasteiger partial charge in [-0.3, -0.25) is 24.3 Å². The molecule has 28 heavy (non-hydrogen) atoms. The van der Waals surface area contributed by atoms with E-state index in [2.05, 4.69) is 15.4 Å². The topological polar surface area (TPSA) is 125 Å². The highest BCUT2D eigenvalue weighted by Crippen LogP contribution is 2.31. The molecule has 0 bridgehead atoms. The summed E-state index contributed by atoms with van der Waals surface area (Å²) in [5.41, 5.74) is -0.367. The Labute approximate surface area is 159 Å². The van der Waals surface area contributed by atoms with Crippen molar-refractivity contribution >= 4 is 28.3 Å². The maximum absolute atomic E-state index is 12.6. The molecule has 1 amide bonds. The number of nitro benzene ring substituents is 1. The van der Waals surface area contributed by atoms with Gasteiger partial charge in [0.2, 0.25) is 5.91 Å². The number of hydrogen-bond donors (Lipinski definition) is 1. The van der Waals surface area contributed by atoms with Gasteiger partial charge in [-0.15, -0.1) is 0 Å². The van der Waals surface area contributed by atoms with E-state index < -0.39 is 16.4 Å². The molecule has 0 spiro atoms. The molecule has 0 aliphatic heterocycles. The number of hydrogen-bond acceptors (Lipinski definition) is 6. The van der Waals surface area contributed by atoms with Gasteiger partial charge in [-0.05, 0) is 18.9 Å². The molecule has 1 saturated carbocycles. The lowest BCUT2D eigenvalue weighted by Crippen LogP contribution is -2.28. The molecule has 1 aromatic carbocycles. The molecule has 0 unspecified atom stereocenters. The van der Waals surface area contributed by atoms with Crippen LogP contribution >= 0.6 is 0 Å². The molecule has 1 aliphatic carbocycles. The first kappa shape index (κ1) is 17.8. The third-order valence-corrected chi connectivity index (χ3v) is 4.94. The summed E-state index contributed by atoms with van der Waals surface area (Å²) in [5.74, 6) is 0.197. The number of non-ortho nitro benzene ring substituents is 1. The number of carbonyl (C=O) groups is 1. The van der Waals surface area contributed by atoms with Gasteiger partial charge in [0.25, 0.3) is 11.2 Å². The van der Waals surface area contributed by atoms with Crippen LogP contribution in [0.4, 0.5) is 11.5 Å². The van der Waals surface area contributed by atoms with E-state index in [4.69, 9.17) is 0 Å². The smallest absolute Gasteiger partial charge is 0.270 e. The number of anilines is 1. The minimum Gasteiger partial charge on any atom is -0.309 e. The van der Waals surface area contributed by atoms with Crippen LogP contribution in [0.5, 0.6) is 0 Å².